The highest BCUT2D eigenvalue weighted by molar-refractivity contribution is 5.43. The fourth-order valence-corrected chi connectivity index (χ4v) is 3.58. The Morgan fingerprint density at radius 2 is 1.74 bits per heavy atom. The molecule has 1 fully saturated rings. The molecule has 2 atom stereocenters. The first kappa shape index (κ1) is 17.8. The summed E-state index contributed by atoms with van der Waals surface area (Å²) in [6, 6.07) is 13.9. The van der Waals surface area contributed by atoms with Gasteiger partial charge in [0.25, 0.3) is 0 Å². The van der Waals surface area contributed by atoms with Crippen molar-refractivity contribution >= 4 is 0 Å². The van der Waals surface area contributed by atoms with E-state index in [1.54, 1.807) is 47.3 Å². The summed E-state index contributed by atoms with van der Waals surface area (Å²) in [5.74, 6) is 0. The van der Waals surface area contributed by atoms with Crippen LogP contribution in [0.15, 0.2) is 73.3 Å². The molecule has 2 unspecified atom stereocenters. The summed E-state index contributed by atoms with van der Waals surface area (Å²) >= 11 is 0. The van der Waals surface area contributed by atoms with Crippen LogP contribution >= 0.6 is 0 Å². The number of hydrogen-bond acceptors (Lipinski definition) is 3. The van der Waals surface area contributed by atoms with Gasteiger partial charge in [-0.1, -0.05) is 48.5 Å². The number of halogens is 3. The third kappa shape index (κ3) is 2.93. The van der Waals surface area contributed by atoms with E-state index in [0.29, 0.717) is 5.56 Å². The van der Waals surface area contributed by atoms with Crippen LogP contribution in [0.4, 0.5) is 13.2 Å². The molecule has 27 heavy (non-hydrogen) atoms. The Bertz CT molecular complexity index is 922. The smallest absolute Gasteiger partial charge is 0.380 e. The maximum Gasteiger partial charge on any atom is 0.416 e. The molecule has 2 heterocycles. The van der Waals surface area contributed by atoms with Crippen molar-refractivity contribution in [2.75, 3.05) is 6.61 Å². The molecule has 0 amide bonds. The van der Waals surface area contributed by atoms with Crippen LogP contribution in [0, 0.1) is 0 Å². The zero-order chi connectivity index (χ0) is 19.1. The Kier molecular flexibility index (Phi) is 4.09. The van der Waals surface area contributed by atoms with E-state index in [1.807, 2.05) is 0 Å². The molecule has 4 nitrogen and oxygen atoms in total. The molecule has 140 valence electrons. The number of aliphatic hydroxyl groups is 1. The number of nitrogens with zero attached hydrogens (tertiary/aromatic N) is 2. The molecule has 0 saturated carbocycles. The second-order valence-corrected chi connectivity index (χ2v) is 6.62. The number of rotatable bonds is 5. The fourth-order valence-electron chi connectivity index (χ4n) is 3.58. The topological polar surface area (TPSA) is 50.6 Å². The minimum absolute atomic E-state index is 0.00318. The number of ether oxygens (including phenoxy) is 1. The molecule has 3 aromatic rings. The number of hydrogen-bond donors (Lipinski definition) is 1. The first-order valence-corrected chi connectivity index (χ1v) is 8.41. The summed E-state index contributed by atoms with van der Waals surface area (Å²) in [5.41, 5.74) is -3.60. The molecule has 1 aromatic heterocycles. The molecule has 1 aliphatic rings. The maximum atomic E-state index is 13.6. The Labute approximate surface area is 153 Å². The quantitative estimate of drug-likeness (QED) is 0.693. The zero-order valence-corrected chi connectivity index (χ0v) is 14.2. The average molecular weight is 374 g/mol. The summed E-state index contributed by atoms with van der Waals surface area (Å²) in [7, 11) is 0. The molecule has 1 N–H and O–H groups in total. The maximum absolute atomic E-state index is 13.6. The lowest BCUT2D eigenvalue weighted by Crippen LogP contribution is -2.45. The van der Waals surface area contributed by atoms with Crippen molar-refractivity contribution in [1.82, 2.24) is 9.55 Å². The SMILES string of the molecule is OC(Cn1ccnc1)(c1ccccc1)C1(c2ccccc2C(F)(F)F)CO1. The van der Waals surface area contributed by atoms with Gasteiger partial charge in [-0.15, -0.1) is 0 Å². The van der Waals surface area contributed by atoms with Gasteiger partial charge in [-0.05, 0) is 11.6 Å². The third-order valence-electron chi connectivity index (χ3n) is 4.99. The predicted molar refractivity (Wildman–Crippen MR) is 91.6 cm³/mol. The predicted octanol–water partition coefficient (Wildman–Crippen LogP) is 3.72. The van der Waals surface area contributed by atoms with Gasteiger partial charge in [0.2, 0.25) is 0 Å². The minimum atomic E-state index is -4.55. The van der Waals surface area contributed by atoms with Crippen molar-refractivity contribution in [3.05, 3.63) is 90.0 Å². The molecular weight excluding hydrogens is 357 g/mol. The Balaban J connectivity index is 1.89. The van der Waals surface area contributed by atoms with E-state index in [1.165, 1.54) is 24.5 Å². The number of epoxide rings is 1. The molecule has 0 aliphatic carbocycles. The molecule has 4 rings (SSSR count). The summed E-state index contributed by atoms with van der Waals surface area (Å²) < 4.78 is 48.1. The number of alkyl halides is 3. The van der Waals surface area contributed by atoms with Crippen molar-refractivity contribution in [3.8, 4) is 0 Å². The van der Waals surface area contributed by atoms with Crippen LogP contribution in [0.5, 0.6) is 0 Å². The van der Waals surface area contributed by atoms with E-state index in [0.717, 1.165) is 6.07 Å². The standard InChI is InChI=1S/C20H17F3N2O2/c21-20(22,23)17-9-5-4-8-16(17)19(13-27-19)18(26,12-25-11-10-24-14-25)15-6-2-1-3-7-15/h1-11,14,26H,12-13H2. The Morgan fingerprint density at radius 1 is 1.07 bits per heavy atom. The van der Waals surface area contributed by atoms with Gasteiger partial charge in [0.1, 0.15) is 5.60 Å². The van der Waals surface area contributed by atoms with E-state index in [4.69, 9.17) is 4.74 Å². The lowest BCUT2D eigenvalue weighted by molar-refractivity contribution is -0.140. The first-order chi connectivity index (χ1) is 12.9. The second-order valence-electron chi connectivity index (χ2n) is 6.62. The number of imidazole rings is 1. The molecule has 1 saturated heterocycles. The Hall–Kier alpha value is -2.64. The number of aromatic nitrogens is 2. The highest BCUT2D eigenvalue weighted by atomic mass is 19.4. The lowest BCUT2D eigenvalue weighted by atomic mass is 9.75. The van der Waals surface area contributed by atoms with Gasteiger partial charge >= 0.3 is 6.18 Å². The van der Waals surface area contributed by atoms with Gasteiger partial charge in [0.05, 0.1) is 25.0 Å². The molecule has 2 aromatic carbocycles. The van der Waals surface area contributed by atoms with Gasteiger partial charge < -0.3 is 14.4 Å². The lowest BCUT2D eigenvalue weighted by Gasteiger charge is -2.36. The van der Waals surface area contributed by atoms with Crippen molar-refractivity contribution in [2.45, 2.75) is 23.9 Å². The van der Waals surface area contributed by atoms with Crippen LogP contribution in [0.3, 0.4) is 0 Å². The highest BCUT2D eigenvalue weighted by Crippen LogP contribution is 2.56. The fraction of sp³-hybridized carbons (Fsp3) is 0.250. The van der Waals surface area contributed by atoms with E-state index in [9.17, 15) is 18.3 Å². The largest absolute Gasteiger partial charge is 0.416 e. The van der Waals surface area contributed by atoms with E-state index < -0.39 is 22.9 Å². The summed E-state index contributed by atoms with van der Waals surface area (Å²) in [4.78, 5) is 3.96. The zero-order valence-electron chi connectivity index (χ0n) is 14.2. The molecule has 0 radical (unpaired) electrons. The summed E-state index contributed by atoms with van der Waals surface area (Å²) in [6.07, 6.45) is 0.164. The van der Waals surface area contributed by atoms with Crippen LogP contribution in [-0.4, -0.2) is 21.3 Å². The Morgan fingerprint density at radius 3 is 2.33 bits per heavy atom. The van der Waals surface area contributed by atoms with Gasteiger partial charge in [-0.3, -0.25) is 0 Å². The van der Waals surface area contributed by atoms with E-state index in [-0.39, 0.29) is 18.7 Å². The van der Waals surface area contributed by atoms with Crippen LogP contribution in [0.2, 0.25) is 0 Å². The van der Waals surface area contributed by atoms with Gasteiger partial charge in [0.15, 0.2) is 5.60 Å². The van der Waals surface area contributed by atoms with Crippen LogP contribution < -0.4 is 0 Å². The van der Waals surface area contributed by atoms with Gasteiger partial charge in [-0.2, -0.15) is 13.2 Å². The van der Waals surface area contributed by atoms with Gasteiger partial charge in [-0.25, -0.2) is 4.98 Å². The first-order valence-electron chi connectivity index (χ1n) is 8.41. The van der Waals surface area contributed by atoms with Crippen LogP contribution in [-0.2, 0) is 28.7 Å². The minimum Gasteiger partial charge on any atom is -0.380 e. The third-order valence-corrected chi connectivity index (χ3v) is 4.99. The van der Waals surface area contributed by atoms with Crippen molar-refractivity contribution < 1.29 is 23.0 Å². The summed E-state index contributed by atoms with van der Waals surface area (Å²) in [5, 5.41) is 11.7. The average Bonchev–Trinajstić information content (AvgIpc) is 3.33. The monoisotopic (exact) mass is 374 g/mol. The van der Waals surface area contributed by atoms with Gasteiger partial charge in [0, 0.05) is 18.0 Å². The highest BCUT2D eigenvalue weighted by Gasteiger charge is 2.65. The van der Waals surface area contributed by atoms with Crippen molar-refractivity contribution in [1.29, 1.82) is 0 Å². The molecular formula is C20H17F3N2O2. The summed E-state index contributed by atoms with van der Waals surface area (Å²) in [6.45, 7) is -0.0105. The molecule has 1 aliphatic heterocycles. The van der Waals surface area contributed by atoms with Crippen LogP contribution in [0.1, 0.15) is 16.7 Å². The van der Waals surface area contributed by atoms with E-state index in [2.05, 4.69) is 4.98 Å². The normalized spacial score (nSPS) is 21.6. The second kappa shape index (κ2) is 6.21. The van der Waals surface area contributed by atoms with Crippen LogP contribution in [0.25, 0.3) is 0 Å². The molecule has 0 spiro atoms. The van der Waals surface area contributed by atoms with Crippen molar-refractivity contribution in [3.63, 3.8) is 0 Å². The molecule has 0 bridgehead atoms. The van der Waals surface area contributed by atoms with E-state index >= 15 is 0 Å². The van der Waals surface area contributed by atoms with Crippen molar-refractivity contribution in [2.24, 2.45) is 0 Å². The molecule has 7 heteroatoms. The number of benzene rings is 2.